The van der Waals surface area contributed by atoms with Crippen LogP contribution in [0.15, 0.2) is 0 Å². The van der Waals surface area contributed by atoms with Crippen molar-refractivity contribution in [2.75, 3.05) is 0 Å². The van der Waals surface area contributed by atoms with E-state index in [0.717, 1.165) is 17.3 Å². The highest BCUT2D eigenvalue weighted by atomic mass is 14.5. The molecule has 2 aliphatic carbocycles. The number of hydrogen-bond donors (Lipinski definition) is 0. The average molecular weight is 210 g/mol. The van der Waals surface area contributed by atoms with Crippen LogP contribution in [0.1, 0.15) is 79.1 Å². The van der Waals surface area contributed by atoms with E-state index in [4.69, 9.17) is 0 Å². The molecule has 0 N–H and O–H groups in total. The van der Waals surface area contributed by atoms with E-state index in [1.54, 1.807) is 25.7 Å². The summed E-state index contributed by atoms with van der Waals surface area (Å²) in [7, 11) is 0. The molecule has 0 amide bonds. The predicted octanol–water partition coefficient (Wildman–Crippen LogP) is 5.42. The molecule has 90 valence electrons. The van der Waals surface area contributed by atoms with Gasteiger partial charge in [0.25, 0.3) is 0 Å². The van der Waals surface area contributed by atoms with Gasteiger partial charge in [0.05, 0.1) is 0 Å². The minimum Gasteiger partial charge on any atom is -0.0683 e. The molecule has 1 spiro atoms. The molecule has 2 rings (SSSR count). The molecule has 0 bridgehead atoms. The van der Waals surface area contributed by atoms with Gasteiger partial charge in [-0.15, -0.1) is 0 Å². The zero-order valence-corrected chi connectivity index (χ0v) is 11.3. The van der Waals surface area contributed by atoms with Crippen LogP contribution in [0.25, 0.3) is 0 Å². The minimum atomic E-state index is 0.854. The first-order chi connectivity index (χ1) is 7.28. The van der Waals surface area contributed by atoms with Crippen LogP contribution in [-0.2, 0) is 0 Å². The Hall–Kier alpha value is 0. The molecule has 0 heterocycles. The third kappa shape index (κ3) is 2.98. The molecule has 0 nitrogen and oxygen atoms in total. The van der Waals surface area contributed by atoms with Crippen LogP contribution >= 0.6 is 0 Å². The lowest BCUT2D eigenvalue weighted by Gasteiger charge is -2.51. The molecule has 0 heteroatoms. The first kappa shape index (κ1) is 13.1. The molecule has 0 atom stereocenters. The molecule has 2 fully saturated rings. The third-order valence-electron chi connectivity index (χ3n) is 4.76. The van der Waals surface area contributed by atoms with Gasteiger partial charge in [0.15, 0.2) is 0 Å². The van der Waals surface area contributed by atoms with Crippen molar-refractivity contribution in [1.29, 1.82) is 0 Å². The molecule has 0 aromatic rings. The van der Waals surface area contributed by atoms with E-state index in [9.17, 15) is 0 Å². The summed E-state index contributed by atoms with van der Waals surface area (Å²) in [6.07, 6.45) is 12.2. The van der Waals surface area contributed by atoms with Crippen molar-refractivity contribution in [1.82, 2.24) is 0 Å². The van der Waals surface area contributed by atoms with Crippen LogP contribution < -0.4 is 0 Å². The van der Waals surface area contributed by atoms with Crippen molar-refractivity contribution in [3.8, 4) is 0 Å². The zero-order valence-electron chi connectivity index (χ0n) is 11.3. The van der Waals surface area contributed by atoms with Gasteiger partial charge in [-0.3, -0.25) is 0 Å². The van der Waals surface area contributed by atoms with Crippen molar-refractivity contribution in [2.45, 2.75) is 79.1 Å². The highest BCUT2D eigenvalue weighted by Crippen LogP contribution is 2.56. The Kier molecular flexibility index (Phi) is 5.15. The second-order valence-corrected chi connectivity index (χ2v) is 5.53. The second kappa shape index (κ2) is 5.92. The van der Waals surface area contributed by atoms with E-state index in [1.165, 1.54) is 25.7 Å². The monoisotopic (exact) mass is 210 g/mol. The van der Waals surface area contributed by atoms with E-state index in [1.807, 2.05) is 13.8 Å². The Morgan fingerprint density at radius 3 is 1.73 bits per heavy atom. The Balaban J connectivity index is 0.000000531. The molecule has 0 aromatic carbocycles. The lowest BCUT2D eigenvalue weighted by Crippen LogP contribution is -2.39. The summed E-state index contributed by atoms with van der Waals surface area (Å²) in [5.41, 5.74) is 0.854. The van der Waals surface area contributed by atoms with E-state index >= 15 is 0 Å². The van der Waals surface area contributed by atoms with Crippen molar-refractivity contribution in [2.24, 2.45) is 17.3 Å². The molecule has 15 heavy (non-hydrogen) atoms. The molecule has 0 aromatic heterocycles. The summed E-state index contributed by atoms with van der Waals surface area (Å²) in [5.74, 6) is 2.17. The Bertz CT molecular complexity index is 155. The van der Waals surface area contributed by atoms with Crippen LogP contribution in [0, 0.1) is 17.3 Å². The molecular formula is C15H30. The van der Waals surface area contributed by atoms with Crippen molar-refractivity contribution in [3.63, 3.8) is 0 Å². The van der Waals surface area contributed by atoms with Gasteiger partial charge in [-0.05, 0) is 55.8 Å². The van der Waals surface area contributed by atoms with Crippen LogP contribution in [0.5, 0.6) is 0 Å². The molecule has 0 unspecified atom stereocenters. The lowest BCUT2D eigenvalue weighted by molar-refractivity contribution is -0.00163. The summed E-state index contributed by atoms with van der Waals surface area (Å²) in [6.45, 7) is 8.72. The minimum absolute atomic E-state index is 0.854. The first-order valence-electron chi connectivity index (χ1n) is 7.28. The van der Waals surface area contributed by atoms with Crippen molar-refractivity contribution < 1.29 is 0 Å². The summed E-state index contributed by atoms with van der Waals surface area (Å²) >= 11 is 0. The smallest absolute Gasteiger partial charge is 0.0292 e. The van der Waals surface area contributed by atoms with Gasteiger partial charge in [-0.25, -0.2) is 0 Å². The zero-order chi connectivity index (χ0) is 11.3. The van der Waals surface area contributed by atoms with Gasteiger partial charge in [0, 0.05) is 0 Å². The number of hydrogen-bond acceptors (Lipinski definition) is 0. The highest BCUT2D eigenvalue weighted by Gasteiger charge is 2.44. The maximum Gasteiger partial charge on any atom is -0.0292 e. The Morgan fingerprint density at radius 1 is 0.867 bits per heavy atom. The van der Waals surface area contributed by atoms with Gasteiger partial charge in [-0.2, -0.15) is 0 Å². The van der Waals surface area contributed by atoms with Gasteiger partial charge in [0.1, 0.15) is 0 Å². The molecular weight excluding hydrogens is 180 g/mol. The average Bonchev–Trinajstić information content (AvgIpc) is 2.28. The predicted molar refractivity (Wildman–Crippen MR) is 69.0 cm³/mol. The fourth-order valence-electron chi connectivity index (χ4n) is 3.56. The van der Waals surface area contributed by atoms with Gasteiger partial charge in [0.2, 0.25) is 0 Å². The normalized spacial score (nSPS) is 39.2. The molecule has 0 radical (unpaired) electrons. The summed E-state index contributed by atoms with van der Waals surface area (Å²) in [6, 6.07) is 0. The van der Waals surface area contributed by atoms with Crippen LogP contribution in [0.2, 0.25) is 0 Å². The summed E-state index contributed by atoms with van der Waals surface area (Å²) in [5, 5.41) is 0. The Morgan fingerprint density at radius 2 is 1.33 bits per heavy atom. The first-order valence-corrected chi connectivity index (χ1v) is 7.28. The fourth-order valence-corrected chi connectivity index (χ4v) is 3.56. The molecule has 0 aliphatic heterocycles. The standard InChI is InChI=1S/C13H24.C2H6/c1-3-11-5-7-13(8-6-11)9-12(4-2)10-13;1-2/h11-12H,3-10H2,1-2H3;1-2H3. The number of rotatable bonds is 2. The van der Waals surface area contributed by atoms with Gasteiger partial charge < -0.3 is 0 Å². The Labute approximate surface area is 96.8 Å². The van der Waals surface area contributed by atoms with E-state index < -0.39 is 0 Å². The second-order valence-electron chi connectivity index (χ2n) is 5.53. The summed E-state index contributed by atoms with van der Waals surface area (Å²) in [4.78, 5) is 0. The molecule has 0 saturated heterocycles. The largest absolute Gasteiger partial charge is 0.0683 e. The van der Waals surface area contributed by atoms with E-state index in [-0.39, 0.29) is 0 Å². The maximum atomic E-state index is 2.36. The van der Waals surface area contributed by atoms with E-state index in [0.29, 0.717) is 0 Å². The van der Waals surface area contributed by atoms with Crippen molar-refractivity contribution >= 4 is 0 Å². The topological polar surface area (TPSA) is 0 Å². The van der Waals surface area contributed by atoms with Gasteiger partial charge >= 0.3 is 0 Å². The van der Waals surface area contributed by atoms with Crippen LogP contribution in [0.3, 0.4) is 0 Å². The van der Waals surface area contributed by atoms with Crippen molar-refractivity contribution in [3.05, 3.63) is 0 Å². The molecule has 2 aliphatic rings. The summed E-state index contributed by atoms with van der Waals surface area (Å²) < 4.78 is 0. The molecule has 2 saturated carbocycles. The quantitative estimate of drug-likeness (QED) is 0.571. The van der Waals surface area contributed by atoms with E-state index in [2.05, 4.69) is 13.8 Å². The third-order valence-corrected chi connectivity index (χ3v) is 4.76. The van der Waals surface area contributed by atoms with Gasteiger partial charge in [-0.1, -0.05) is 40.5 Å². The van der Waals surface area contributed by atoms with Crippen LogP contribution in [0.4, 0.5) is 0 Å². The fraction of sp³-hybridized carbons (Fsp3) is 1.00. The lowest BCUT2D eigenvalue weighted by atomic mass is 9.54. The SMILES string of the molecule is CC.CCC1CCC2(CC1)CC(CC)C2. The maximum absolute atomic E-state index is 2.36. The van der Waals surface area contributed by atoms with Crippen LogP contribution in [-0.4, -0.2) is 0 Å². The highest BCUT2D eigenvalue weighted by molar-refractivity contribution is 4.95.